The van der Waals surface area contributed by atoms with E-state index >= 15 is 0 Å². The van der Waals surface area contributed by atoms with E-state index in [1.165, 1.54) is 6.07 Å². The molecule has 0 spiro atoms. The number of benzene rings is 1. The van der Waals surface area contributed by atoms with E-state index < -0.39 is 0 Å². The lowest BCUT2D eigenvalue weighted by Crippen LogP contribution is -2.35. The summed E-state index contributed by atoms with van der Waals surface area (Å²) in [5, 5.41) is 20.2. The molecule has 1 aromatic rings. The van der Waals surface area contributed by atoms with Gasteiger partial charge < -0.3 is 10.0 Å². The SMILES string of the molecule is CC1CCN(c2ccc([N+](=O)[O-])cc2I)C1CO. The van der Waals surface area contributed by atoms with Gasteiger partial charge in [0, 0.05) is 22.2 Å². The Labute approximate surface area is 119 Å². The second kappa shape index (κ2) is 5.40. The van der Waals surface area contributed by atoms with Crippen molar-refractivity contribution in [3.63, 3.8) is 0 Å². The van der Waals surface area contributed by atoms with Gasteiger partial charge in [-0.15, -0.1) is 0 Å². The van der Waals surface area contributed by atoms with Crippen molar-refractivity contribution in [2.75, 3.05) is 18.1 Å². The molecule has 0 aliphatic carbocycles. The zero-order chi connectivity index (χ0) is 13.3. The van der Waals surface area contributed by atoms with Crippen LogP contribution in [0.15, 0.2) is 18.2 Å². The topological polar surface area (TPSA) is 66.6 Å². The van der Waals surface area contributed by atoms with Crippen molar-refractivity contribution >= 4 is 34.0 Å². The zero-order valence-corrected chi connectivity index (χ0v) is 12.2. The molecule has 1 aliphatic rings. The fourth-order valence-electron chi connectivity index (χ4n) is 2.43. The summed E-state index contributed by atoms with van der Waals surface area (Å²) in [6.07, 6.45) is 1.04. The van der Waals surface area contributed by atoms with Crippen molar-refractivity contribution in [3.05, 3.63) is 31.9 Å². The van der Waals surface area contributed by atoms with Crippen LogP contribution in [0.25, 0.3) is 0 Å². The average molecular weight is 362 g/mol. The first-order chi connectivity index (χ1) is 8.54. The average Bonchev–Trinajstić information content (AvgIpc) is 2.70. The van der Waals surface area contributed by atoms with E-state index in [0.717, 1.165) is 22.2 Å². The Morgan fingerprint density at radius 1 is 1.61 bits per heavy atom. The fourth-order valence-corrected chi connectivity index (χ4v) is 3.24. The Morgan fingerprint density at radius 2 is 2.33 bits per heavy atom. The van der Waals surface area contributed by atoms with Crippen molar-refractivity contribution in [2.45, 2.75) is 19.4 Å². The van der Waals surface area contributed by atoms with Crippen LogP contribution in [0.3, 0.4) is 0 Å². The largest absolute Gasteiger partial charge is 0.394 e. The quantitative estimate of drug-likeness (QED) is 0.510. The number of rotatable bonds is 3. The minimum atomic E-state index is -0.387. The van der Waals surface area contributed by atoms with Crippen molar-refractivity contribution < 1.29 is 10.0 Å². The highest BCUT2D eigenvalue weighted by Gasteiger charge is 2.31. The van der Waals surface area contributed by atoms with Crippen LogP contribution in [-0.2, 0) is 0 Å². The van der Waals surface area contributed by atoms with Crippen LogP contribution < -0.4 is 4.90 Å². The number of halogens is 1. The standard InChI is InChI=1S/C12H15IN2O3/c1-8-4-5-14(12(8)7-16)11-3-2-9(15(17)18)6-10(11)13/h2-3,6,8,12,16H,4-5,7H2,1H3. The van der Waals surface area contributed by atoms with E-state index in [1.54, 1.807) is 12.1 Å². The molecule has 2 unspecified atom stereocenters. The molecule has 1 fully saturated rings. The summed E-state index contributed by atoms with van der Waals surface area (Å²) in [6.45, 7) is 3.13. The second-order valence-electron chi connectivity index (χ2n) is 4.60. The number of hydrogen-bond donors (Lipinski definition) is 1. The van der Waals surface area contributed by atoms with Gasteiger partial charge in [-0.25, -0.2) is 0 Å². The molecule has 0 bridgehead atoms. The zero-order valence-electron chi connectivity index (χ0n) is 10.0. The molecule has 18 heavy (non-hydrogen) atoms. The summed E-state index contributed by atoms with van der Waals surface area (Å²) in [5.74, 6) is 0.445. The highest BCUT2D eigenvalue weighted by Crippen LogP contribution is 2.34. The van der Waals surface area contributed by atoms with E-state index in [2.05, 4.69) is 34.4 Å². The number of nitro benzene ring substituents is 1. The van der Waals surface area contributed by atoms with Crippen molar-refractivity contribution in [1.82, 2.24) is 0 Å². The maximum atomic E-state index is 10.7. The predicted octanol–water partition coefficient (Wildman–Crippen LogP) is 2.41. The number of hydrogen-bond acceptors (Lipinski definition) is 4. The number of anilines is 1. The van der Waals surface area contributed by atoms with Gasteiger partial charge in [-0.05, 0) is 41.0 Å². The van der Waals surface area contributed by atoms with Gasteiger partial charge in [0.25, 0.3) is 5.69 Å². The van der Waals surface area contributed by atoms with Gasteiger partial charge in [0.15, 0.2) is 0 Å². The van der Waals surface area contributed by atoms with Crippen LogP contribution in [0.4, 0.5) is 11.4 Å². The van der Waals surface area contributed by atoms with Gasteiger partial charge in [-0.3, -0.25) is 10.1 Å². The molecule has 1 saturated heterocycles. The number of non-ortho nitro benzene ring substituents is 1. The van der Waals surface area contributed by atoms with E-state index in [9.17, 15) is 15.2 Å². The molecule has 6 heteroatoms. The highest BCUT2D eigenvalue weighted by molar-refractivity contribution is 14.1. The smallest absolute Gasteiger partial charge is 0.270 e. The third-order valence-electron chi connectivity index (χ3n) is 3.52. The predicted molar refractivity (Wildman–Crippen MR) is 77.8 cm³/mol. The van der Waals surface area contributed by atoms with Crippen LogP contribution >= 0.6 is 22.6 Å². The first-order valence-electron chi connectivity index (χ1n) is 5.86. The molecule has 0 radical (unpaired) electrons. The maximum Gasteiger partial charge on any atom is 0.270 e. The van der Waals surface area contributed by atoms with Crippen molar-refractivity contribution in [1.29, 1.82) is 0 Å². The molecule has 0 saturated carbocycles. The highest BCUT2D eigenvalue weighted by atomic mass is 127. The number of nitrogens with zero attached hydrogens (tertiary/aromatic N) is 2. The third kappa shape index (κ3) is 2.44. The Hall–Kier alpha value is -0.890. The number of nitro groups is 1. The molecule has 98 valence electrons. The molecule has 1 aromatic carbocycles. The van der Waals surface area contributed by atoms with Gasteiger partial charge in [0.1, 0.15) is 0 Å². The van der Waals surface area contributed by atoms with Gasteiger partial charge in [0.05, 0.1) is 23.3 Å². The van der Waals surface area contributed by atoms with Gasteiger partial charge in [-0.1, -0.05) is 6.92 Å². The first-order valence-corrected chi connectivity index (χ1v) is 6.94. The van der Waals surface area contributed by atoms with E-state index in [4.69, 9.17) is 0 Å². The lowest BCUT2D eigenvalue weighted by Gasteiger charge is -2.28. The fraction of sp³-hybridized carbons (Fsp3) is 0.500. The number of aliphatic hydroxyl groups is 1. The molecule has 2 atom stereocenters. The van der Waals surface area contributed by atoms with Crippen LogP contribution in [0.1, 0.15) is 13.3 Å². The summed E-state index contributed by atoms with van der Waals surface area (Å²) in [4.78, 5) is 12.5. The summed E-state index contributed by atoms with van der Waals surface area (Å²) >= 11 is 2.11. The van der Waals surface area contributed by atoms with Crippen LogP contribution in [0, 0.1) is 19.6 Å². The Kier molecular flexibility index (Phi) is 4.06. The maximum absolute atomic E-state index is 10.7. The van der Waals surface area contributed by atoms with Gasteiger partial charge >= 0.3 is 0 Å². The first kappa shape index (κ1) is 13.5. The molecular weight excluding hydrogens is 347 g/mol. The Morgan fingerprint density at radius 3 is 2.89 bits per heavy atom. The van der Waals surface area contributed by atoms with Gasteiger partial charge in [0.2, 0.25) is 0 Å². The molecule has 1 heterocycles. The van der Waals surface area contributed by atoms with E-state index in [0.29, 0.717) is 5.92 Å². The second-order valence-corrected chi connectivity index (χ2v) is 5.76. The Bertz CT molecular complexity index is 467. The minimum Gasteiger partial charge on any atom is -0.394 e. The lowest BCUT2D eigenvalue weighted by molar-refractivity contribution is -0.384. The molecule has 0 aromatic heterocycles. The molecular formula is C12H15IN2O3. The summed E-state index contributed by atoms with van der Waals surface area (Å²) < 4.78 is 0.856. The molecule has 1 N–H and O–H groups in total. The molecule has 2 rings (SSSR count). The van der Waals surface area contributed by atoms with E-state index in [1.807, 2.05) is 0 Å². The van der Waals surface area contributed by atoms with Gasteiger partial charge in [-0.2, -0.15) is 0 Å². The summed E-state index contributed by atoms with van der Waals surface area (Å²) in [7, 11) is 0. The minimum absolute atomic E-state index is 0.107. The van der Waals surface area contributed by atoms with Crippen molar-refractivity contribution in [2.24, 2.45) is 5.92 Å². The van der Waals surface area contributed by atoms with E-state index in [-0.39, 0.29) is 23.3 Å². The third-order valence-corrected chi connectivity index (χ3v) is 4.39. The molecule has 5 nitrogen and oxygen atoms in total. The lowest BCUT2D eigenvalue weighted by atomic mass is 10.0. The molecule has 1 aliphatic heterocycles. The Balaban J connectivity index is 2.31. The molecule has 0 amide bonds. The van der Waals surface area contributed by atoms with Crippen LogP contribution in [0.5, 0.6) is 0 Å². The van der Waals surface area contributed by atoms with Crippen molar-refractivity contribution in [3.8, 4) is 0 Å². The monoisotopic (exact) mass is 362 g/mol. The van der Waals surface area contributed by atoms with Crippen LogP contribution in [0.2, 0.25) is 0 Å². The van der Waals surface area contributed by atoms with Crippen LogP contribution in [-0.4, -0.2) is 29.2 Å². The summed E-state index contributed by atoms with van der Waals surface area (Å²) in [6, 6.07) is 4.99. The normalized spacial score (nSPS) is 23.4. The summed E-state index contributed by atoms with van der Waals surface area (Å²) in [5.41, 5.74) is 1.08. The number of aliphatic hydroxyl groups excluding tert-OH is 1.